The van der Waals surface area contributed by atoms with Gasteiger partial charge in [-0.05, 0) is 48.6 Å². The number of benzene rings is 1. The summed E-state index contributed by atoms with van der Waals surface area (Å²) in [5, 5.41) is 12.8. The molecule has 1 fully saturated rings. The van der Waals surface area contributed by atoms with E-state index in [1.165, 1.54) is 5.00 Å². The van der Waals surface area contributed by atoms with Crippen molar-refractivity contribution in [3.63, 3.8) is 0 Å². The first kappa shape index (κ1) is 19.8. The lowest BCUT2D eigenvalue weighted by molar-refractivity contribution is -0.115. The Bertz CT molecular complexity index is 848. The Morgan fingerprint density at radius 1 is 1.32 bits per heavy atom. The van der Waals surface area contributed by atoms with Crippen LogP contribution in [0.3, 0.4) is 0 Å². The normalized spacial score (nSPS) is 15.0. The number of nitrogens with one attached hydrogen (secondary N) is 3. The van der Waals surface area contributed by atoms with Crippen molar-refractivity contribution in [3.8, 4) is 12.3 Å². The Morgan fingerprint density at radius 2 is 2.14 bits per heavy atom. The average molecular weight is 396 g/mol. The van der Waals surface area contributed by atoms with Crippen molar-refractivity contribution >= 4 is 33.9 Å². The second-order valence-electron chi connectivity index (χ2n) is 6.56. The van der Waals surface area contributed by atoms with E-state index in [1.54, 1.807) is 24.5 Å². The van der Waals surface area contributed by atoms with Crippen LogP contribution in [0.2, 0.25) is 0 Å². The summed E-state index contributed by atoms with van der Waals surface area (Å²) in [6.45, 7) is 2.16. The molecular formula is C21H25N5OS. The molecule has 3 rings (SSSR count). The highest BCUT2D eigenvalue weighted by atomic mass is 32.1. The van der Waals surface area contributed by atoms with Crippen LogP contribution in [-0.4, -0.2) is 44.6 Å². The molecule has 1 amide bonds. The largest absolute Gasteiger partial charge is 0.363 e. The zero-order chi connectivity index (χ0) is 19.8. The number of amides is 1. The number of terminal acetylenes is 1. The second kappa shape index (κ2) is 9.81. The third-order valence-electron chi connectivity index (χ3n) is 4.61. The van der Waals surface area contributed by atoms with Crippen LogP contribution in [0.1, 0.15) is 18.4 Å². The summed E-state index contributed by atoms with van der Waals surface area (Å²) in [5.74, 6) is 3.05. The summed E-state index contributed by atoms with van der Waals surface area (Å²) in [5.41, 5.74) is 1.42. The average Bonchev–Trinajstić information content (AvgIpc) is 3.26. The number of aliphatic imine (C=N–C) groups is 1. The van der Waals surface area contributed by atoms with Gasteiger partial charge >= 0.3 is 0 Å². The van der Waals surface area contributed by atoms with Gasteiger partial charge in [-0.15, -0.1) is 17.8 Å². The minimum atomic E-state index is -0.148. The van der Waals surface area contributed by atoms with Crippen molar-refractivity contribution < 1.29 is 4.79 Å². The first-order chi connectivity index (χ1) is 13.7. The molecule has 6 nitrogen and oxygen atoms in total. The maximum atomic E-state index is 12.2. The summed E-state index contributed by atoms with van der Waals surface area (Å²) in [7, 11) is 1.71. The van der Waals surface area contributed by atoms with Gasteiger partial charge in [0.15, 0.2) is 5.96 Å². The number of rotatable bonds is 5. The third kappa shape index (κ3) is 5.51. The molecular weight excluding hydrogens is 370 g/mol. The zero-order valence-electron chi connectivity index (χ0n) is 15.9. The highest BCUT2D eigenvalue weighted by Gasteiger charge is 2.20. The molecule has 0 spiro atoms. The van der Waals surface area contributed by atoms with Gasteiger partial charge in [-0.3, -0.25) is 9.79 Å². The van der Waals surface area contributed by atoms with Crippen LogP contribution in [0, 0.1) is 12.3 Å². The molecule has 0 unspecified atom stereocenters. The van der Waals surface area contributed by atoms with E-state index in [2.05, 4.69) is 49.3 Å². The summed E-state index contributed by atoms with van der Waals surface area (Å²) >= 11 is 1.78. The Morgan fingerprint density at radius 3 is 2.82 bits per heavy atom. The molecule has 1 aromatic carbocycles. The van der Waals surface area contributed by atoms with Gasteiger partial charge in [0.25, 0.3) is 0 Å². The summed E-state index contributed by atoms with van der Waals surface area (Å²) in [6, 6.07) is 11.8. The van der Waals surface area contributed by atoms with E-state index in [0.717, 1.165) is 31.5 Å². The molecule has 0 bridgehead atoms. The number of guanidine groups is 1. The molecule has 7 heteroatoms. The minimum absolute atomic E-state index is 0.133. The Kier molecular flexibility index (Phi) is 6.93. The standard InChI is InChI=1S/C21H25N5OS/c1-3-16-6-4-7-18(14-16)24-19(27)15-23-21(22-2)25-17-9-11-26(12-10-17)20-8-5-13-28-20/h1,4-8,13-14,17H,9-12,15H2,2H3,(H,24,27)(H2,22,23,25). The van der Waals surface area contributed by atoms with Crippen molar-refractivity contribution in [3.05, 3.63) is 47.3 Å². The Hall–Kier alpha value is -2.98. The first-order valence-electron chi connectivity index (χ1n) is 9.30. The number of nitrogens with zero attached hydrogens (tertiary/aromatic N) is 2. The fourth-order valence-electron chi connectivity index (χ4n) is 3.14. The van der Waals surface area contributed by atoms with E-state index in [-0.39, 0.29) is 12.5 Å². The van der Waals surface area contributed by atoms with Crippen molar-refractivity contribution in [2.75, 3.05) is 36.9 Å². The van der Waals surface area contributed by atoms with Crippen molar-refractivity contribution in [2.45, 2.75) is 18.9 Å². The molecule has 2 aromatic rings. The van der Waals surface area contributed by atoms with Gasteiger partial charge < -0.3 is 20.9 Å². The molecule has 28 heavy (non-hydrogen) atoms. The maximum Gasteiger partial charge on any atom is 0.243 e. The van der Waals surface area contributed by atoms with Gasteiger partial charge in [0.2, 0.25) is 5.91 Å². The maximum absolute atomic E-state index is 12.2. The predicted octanol–water partition coefficient (Wildman–Crippen LogP) is 2.50. The molecule has 0 aliphatic carbocycles. The number of carbonyl (C=O) groups is 1. The van der Waals surface area contributed by atoms with Gasteiger partial charge in [0, 0.05) is 37.4 Å². The van der Waals surface area contributed by atoms with Crippen LogP contribution >= 0.6 is 11.3 Å². The molecule has 3 N–H and O–H groups in total. The molecule has 1 saturated heterocycles. The minimum Gasteiger partial charge on any atom is -0.363 e. The Balaban J connectivity index is 1.42. The fraction of sp³-hybridized carbons (Fsp3) is 0.333. The number of thiophene rings is 1. The second-order valence-corrected chi connectivity index (χ2v) is 7.48. The van der Waals surface area contributed by atoms with Crippen LogP contribution < -0.4 is 20.9 Å². The Labute approximate surface area is 170 Å². The van der Waals surface area contributed by atoms with E-state index in [9.17, 15) is 4.79 Å². The molecule has 0 atom stereocenters. The lowest BCUT2D eigenvalue weighted by atomic mass is 10.1. The lowest BCUT2D eigenvalue weighted by Gasteiger charge is -2.33. The highest BCUT2D eigenvalue weighted by molar-refractivity contribution is 7.14. The molecule has 1 aromatic heterocycles. The summed E-state index contributed by atoms with van der Waals surface area (Å²) in [4.78, 5) is 18.8. The fourth-order valence-corrected chi connectivity index (χ4v) is 3.92. The number of piperidine rings is 1. The monoisotopic (exact) mass is 395 g/mol. The molecule has 2 heterocycles. The van der Waals surface area contributed by atoms with Crippen molar-refractivity contribution in [1.82, 2.24) is 10.6 Å². The van der Waals surface area contributed by atoms with Gasteiger partial charge in [0.1, 0.15) is 0 Å². The third-order valence-corrected chi connectivity index (χ3v) is 5.54. The van der Waals surface area contributed by atoms with Crippen molar-refractivity contribution in [2.24, 2.45) is 4.99 Å². The topological polar surface area (TPSA) is 68.8 Å². The van der Waals surface area contributed by atoms with E-state index < -0.39 is 0 Å². The molecule has 146 valence electrons. The SMILES string of the molecule is C#Cc1cccc(NC(=O)CNC(=NC)NC2CCN(c3cccs3)CC2)c1. The quantitative estimate of drug-likeness (QED) is 0.413. The van der Waals surface area contributed by atoms with Crippen LogP contribution in [-0.2, 0) is 4.79 Å². The number of anilines is 2. The van der Waals surface area contributed by atoms with Gasteiger partial charge in [0.05, 0.1) is 11.5 Å². The van der Waals surface area contributed by atoms with Gasteiger partial charge in [-0.25, -0.2) is 0 Å². The molecule has 1 aliphatic heterocycles. The summed E-state index contributed by atoms with van der Waals surface area (Å²) in [6.07, 6.45) is 7.45. The van der Waals surface area contributed by atoms with Crippen LogP contribution in [0.4, 0.5) is 10.7 Å². The zero-order valence-corrected chi connectivity index (χ0v) is 16.8. The van der Waals surface area contributed by atoms with Gasteiger partial charge in [-0.1, -0.05) is 12.0 Å². The van der Waals surface area contributed by atoms with Crippen molar-refractivity contribution in [1.29, 1.82) is 0 Å². The highest BCUT2D eigenvalue weighted by Crippen LogP contribution is 2.24. The van der Waals surface area contributed by atoms with E-state index in [0.29, 0.717) is 17.7 Å². The molecule has 0 saturated carbocycles. The number of hydrogen-bond acceptors (Lipinski definition) is 4. The lowest BCUT2D eigenvalue weighted by Crippen LogP contribution is -2.49. The van der Waals surface area contributed by atoms with E-state index in [1.807, 2.05) is 18.2 Å². The first-order valence-corrected chi connectivity index (χ1v) is 10.2. The molecule has 1 aliphatic rings. The van der Waals surface area contributed by atoms with Crippen LogP contribution in [0.25, 0.3) is 0 Å². The summed E-state index contributed by atoms with van der Waals surface area (Å²) < 4.78 is 0. The smallest absolute Gasteiger partial charge is 0.243 e. The van der Waals surface area contributed by atoms with E-state index >= 15 is 0 Å². The van der Waals surface area contributed by atoms with Crippen LogP contribution in [0.15, 0.2) is 46.8 Å². The van der Waals surface area contributed by atoms with Crippen LogP contribution in [0.5, 0.6) is 0 Å². The molecule has 0 radical (unpaired) electrons. The number of hydrogen-bond donors (Lipinski definition) is 3. The van der Waals surface area contributed by atoms with Gasteiger partial charge in [-0.2, -0.15) is 0 Å². The van der Waals surface area contributed by atoms with E-state index in [4.69, 9.17) is 6.42 Å². The number of carbonyl (C=O) groups excluding carboxylic acids is 1. The predicted molar refractivity (Wildman–Crippen MR) is 117 cm³/mol.